The van der Waals surface area contributed by atoms with Crippen molar-refractivity contribution >= 4 is 39.9 Å². The van der Waals surface area contributed by atoms with Crippen LogP contribution >= 0.6 is 22.9 Å². The molecule has 4 unspecified atom stereocenters. The molecule has 0 radical (unpaired) electrons. The number of nitrogens with zero attached hydrogens (tertiary/aromatic N) is 1. The van der Waals surface area contributed by atoms with Gasteiger partial charge in [-0.25, -0.2) is 4.98 Å². The molecule has 1 amide bonds. The number of rotatable bonds is 4. The van der Waals surface area contributed by atoms with E-state index in [0.717, 1.165) is 22.6 Å². The summed E-state index contributed by atoms with van der Waals surface area (Å²) >= 11 is 7.29. The van der Waals surface area contributed by atoms with E-state index in [1.165, 1.54) is 11.3 Å². The highest BCUT2D eigenvalue weighted by Crippen LogP contribution is 2.44. The van der Waals surface area contributed by atoms with E-state index in [1.807, 2.05) is 19.1 Å². The maximum absolute atomic E-state index is 12.7. The molecule has 4 rings (SSSR count). The van der Waals surface area contributed by atoms with Gasteiger partial charge in [-0.15, -0.1) is 11.3 Å². The second-order valence-electron chi connectivity index (χ2n) is 6.60. The third-order valence-electron chi connectivity index (χ3n) is 5.01. The molecule has 136 valence electrons. The Bertz CT molecular complexity index is 867. The summed E-state index contributed by atoms with van der Waals surface area (Å²) in [6.07, 6.45) is 0.732. The first kappa shape index (κ1) is 17.5. The molecular formula is C18H17ClN2O4S. The normalized spacial score (nSPS) is 26.8. The van der Waals surface area contributed by atoms with Crippen LogP contribution in [0.2, 0.25) is 5.02 Å². The lowest BCUT2D eigenvalue weighted by atomic mass is 9.79. The highest BCUT2D eigenvalue weighted by molar-refractivity contribution is 7.16. The fourth-order valence-electron chi connectivity index (χ4n) is 3.84. The number of benzene rings is 1. The van der Waals surface area contributed by atoms with Gasteiger partial charge in [0, 0.05) is 15.5 Å². The van der Waals surface area contributed by atoms with Crippen molar-refractivity contribution in [1.82, 2.24) is 4.98 Å². The number of carboxylic acids is 1. The van der Waals surface area contributed by atoms with Gasteiger partial charge in [-0.3, -0.25) is 9.59 Å². The number of nitrogens with one attached hydrogen (secondary N) is 1. The van der Waals surface area contributed by atoms with E-state index in [9.17, 15) is 14.7 Å². The minimum atomic E-state index is -0.977. The monoisotopic (exact) mass is 392 g/mol. The number of carbonyl (C=O) groups is 2. The van der Waals surface area contributed by atoms with E-state index in [1.54, 1.807) is 12.1 Å². The Morgan fingerprint density at radius 2 is 1.88 bits per heavy atom. The summed E-state index contributed by atoms with van der Waals surface area (Å²) in [6.45, 7) is 1.93. The highest BCUT2D eigenvalue weighted by Gasteiger charge is 2.55. The van der Waals surface area contributed by atoms with Crippen LogP contribution in [0.3, 0.4) is 0 Å². The first-order valence-electron chi connectivity index (χ1n) is 8.36. The van der Waals surface area contributed by atoms with Gasteiger partial charge >= 0.3 is 5.97 Å². The first-order valence-corrected chi connectivity index (χ1v) is 9.56. The fraction of sp³-hybridized carbons (Fsp3) is 0.389. The summed E-state index contributed by atoms with van der Waals surface area (Å²) in [5.41, 5.74) is 1.69. The molecule has 1 aromatic heterocycles. The van der Waals surface area contributed by atoms with E-state index < -0.39 is 17.8 Å². The van der Waals surface area contributed by atoms with Crippen molar-refractivity contribution in [2.75, 3.05) is 5.32 Å². The molecular weight excluding hydrogens is 376 g/mol. The van der Waals surface area contributed by atoms with Gasteiger partial charge < -0.3 is 15.2 Å². The molecule has 2 aliphatic rings. The van der Waals surface area contributed by atoms with Crippen LogP contribution < -0.4 is 5.32 Å². The lowest BCUT2D eigenvalue weighted by molar-refractivity contribution is -0.147. The molecule has 2 aliphatic heterocycles. The molecule has 2 N–H and O–H groups in total. The maximum Gasteiger partial charge on any atom is 0.310 e. The number of amides is 1. The number of hydrogen-bond donors (Lipinski definition) is 2. The molecule has 4 atom stereocenters. The second-order valence-corrected chi connectivity index (χ2v) is 8.24. The van der Waals surface area contributed by atoms with E-state index in [2.05, 4.69) is 10.3 Å². The average Bonchev–Trinajstić information content (AvgIpc) is 3.29. The Balaban J connectivity index is 1.54. The number of thiazole rings is 1. The number of fused-ring (bicyclic) bond motifs is 2. The summed E-state index contributed by atoms with van der Waals surface area (Å²) in [7, 11) is 0. The highest BCUT2D eigenvalue weighted by atomic mass is 35.5. The van der Waals surface area contributed by atoms with Crippen LogP contribution in [0.25, 0.3) is 11.3 Å². The number of aliphatic carboxylic acids is 1. The van der Waals surface area contributed by atoms with Gasteiger partial charge in [0.05, 0.1) is 29.7 Å². The number of aryl methyl sites for hydroxylation is 1. The van der Waals surface area contributed by atoms with Gasteiger partial charge in [0.25, 0.3) is 0 Å². The molecule has 0 spiro atoms. The van der Waals surface area contributed by atoms with E-state index >= 15 is 0 Å². The van der Waals surface area contributed by atoms with Gasteiger partial charge in [0.15, 0.2) is 5.13 Å². The number of ether oxygens (including phenoxy) is 1. The number of halogens is 1. The Kier molecular flexibility index (Phi) is 4.46. The number of aromatic nitrogens is 1. The standard InChI is InChI=1S/C18H17ClN2O4S/c1-8-15(9-2-4-10(19)5-3-9)20-18(26-8)21-16(22)13-11-6-7-12(25-11)14(13)17(23)24/h2-5,11-14H,6-7H2,1H3,(H,23,24)(H,20,21,22). The Labute approximate surface area is 159 Å². The van der Waals surface area contributed by atoms with Crippen LogP contribution in [0.4, 0.5) is 5.13 Å². The lowest BCUT2D eigenvalue weighted by Crippen LogP contribution is -2.40. The van der Waals surface area contributed by atoms with Crippen molar-refractivity contribution in [3.8, 4) is 11.3 Å². The van der Waals surface area contributed by atoms with E-state index in [-0.39, 0.29) is 18.1 Å². The molecule has 2 fully saturated rings. The molecule has 26 heavy (non-hydrogen) atoms. The van der Waals surface area contributed by atoms with Crippen LogP contribution in [0.5, 0.6) is 0 Å². The SMILES string of the molecule is Cc1sc(NC(=O)C2C3CCC(O3)C2C(=O)O)nc1-c1ccc(Cl)cc1. The molecule has 2 aromatic rings. The summed E-state index contributed by atoms with van der Waals surface area (Å²) in [5, 5.41) is 13.4. The number of anilines is 1. The first-order chi connectivity index (χ1) is 12.4. The van der Waals surface area contributed by atoms with Crippen LogP contribution in [-0.4, -0.2) is 34.2 Å². The Morgan fingerprint density at radius 1 is 1.23 bits per heavy atom. The predicted octanol–water partition coefficient (Wildman–Crippen LogP) is 3.59. The molecule has 2 saturated heterocycles. The Morgan fingerprint density at radius 3 is 2.54 bits per heavy atom. The van der Waals surface area contributed by atoms with Gasteiger partial charge in [0.2, 0.25) is 5.91 Å². The topological polar surface area (TPSA) is 88.5 Å². The Hall–Kier alpha value is -1.96. The number of carbonyl (C=O) groups excluding carboxylic acids is 1. The van der Waals surface area contributed by atoms with Crippen molar-refractivity contribution in [3.63, 3.8) is 0 Å². The summed E-state index contributed by atoms with van der Waals surface area (Å²) in [4.78, 5) is 29.7. The third-order valence-corrected chi connectivity index (χ3v) is 6.14. The summed E-state index contributed by atoms with van der Waals surface area (Å²) in [6, 6.07) is 7.33. The van der Waals surface area contributed by atoms with Gasteiger partial charge in [-0.2, -0.15) is 0 Å². The van der Waals surface area contributed by atoms with Crippen LogP contribution in [-0.2, 0) is 14.3 Å². The zero-order valence-corrected chi connectivity index (χ0v) is 15.5. The quantitative estimate of drug-likeness (QED) is 0.830. The maximum atomic E-state index is 12.7. The zero-order valence-electron chi connectivity index (χ0n) is 13.9. The van der Waals surface area contributed by atoms with Crippen LogP contribution in [0.15, 0.2) is 24.3 Å². The molecule has 2 bridgehead atoms. The van der Waals surface area contributed by atoms with Gasteiger partial charge in [-0.05, 0) is 31.9 Å². The molecule has 8 heteroatoms. The number of hydrogen-bond acceptors (Lipinski definition) is 5. The van der Waals surface area contributed by atoms with E-state index in [4.69, 9.17) is 16.3 Å². The van der Waals surface area contributed by atoms with Gasteiger partial charge in [-0.1, -0.05) is 23.7 Å². The molecule has 0 aliphatic carbocycles. The summed E-state index contributed by atoms with van der Waals surface area (Å²) in [5.74, 6) is -2.77. The van der Waals surface area contributed by atoms with Crippen LogP contribution in [0.1, 0.15) is 17.7 Å². The molecule has 1 aromatic carbocycles. The fourth-order valence-corrected chi connectivity index (χ4v) is 4.80. The van der Waals surface area contributed by atoms with Crippen molar-refractivity contribution in [3.05, 3.63) is 34.2 Å². The summed E-state index contributed by atoms with van der Waals surface area (Å²) < 4.78 is 5.66. The second kappa shape index (κ2) is 6.64. The minimum absolute atomic E-state index is 0.321. The van der Waals surface area contributed by atoms with Crippen LogP contribution in [0, 0.1) is 18.8 Å². The zero-order chi connectivity index (χ0) is 18.4. The molecule has 3 heterocycles. The van der Waals surface area contributed by atoms with Gasteiger partial charge in [0.1, 0.15) is 0 Å². The minimum Gasteiger partial charge on any atom is -0.481 e. The largest absolute Gasteiger partial charge is 0.481 e. The predicted molar refractivity (Wildman–Crippen MR) is 98.4 cm³/mol. The number of carboxylic acid groups (broad SMARTS) is 1. The van der Waals surface area contributed by atoms with Crippen molar-refractivity contribution < 1.29 is 19.4 Å². The van der Waals surface area contributed by atoms with Crippen molar-refractivity contribution in [2.45, 2.75) is 32.0 Å². The van der Waals surface area contributed by atoms with Crippen molar-refractivity contribution in [1.29, 1.82) is 0 Å². The average molecular weight is 393 g/mol. The molecule has 0 saturated carbocycles. The third kappa shape index (κ3) is 3.00. The van der Waals surface area contributed by atoms with E-state index in [0.29, 0.717) is 16.6 Å². The smallest absolute Gasteiger partial charge is 0.310 e. The van der Waals surface area contributed by atoms with Crippen molar-refractivity contribution in [2.24, 2.45) is 11.8 Å². The lowest BCUT2D eigenvalue weighted by Gasteiger charge is -2.23. The molecule has 6 nitrogen and oxygen atoms in total.